The third-order valence-electron chi connectivity index (χ3n) is 5.04. The Morgan fingerprint density at radius 2 is 1.79 bits per heavy atom. The largest absolute Gasteiger partial charge is 0.361 e. The zero-order valence-electron chi connectivity index (χ0n) is 15.1. The van der Waals surface area contributed by atoms with E-state index in [4.69, 9.17) is 0 Å². The van der Waals surface area contributed by atoms with Gasteiger partial charge in [-0.3, -0.25) is 4.79 Å². The first-order chi connectivity index (χ1) is 13.4. The number of aromatic amines is 1. The average Bonchev–Trinajstić information content (AvgIpc) is 3.11. The van der Waals surface area contributed by atoms with E-state index in [0.29, 0.717) is 32.6 Å². The van der Waals surface area contributed by atoms with Crippen molar-refractivity contribution in [2.24, 2.45) is 0 Å². The van der Waals surface area contributed by atoms with Gasteiger partial charge in [0.15, 0.2) is 0 Å². The van der Waals surface area contributed by atoms with Crippen LogP contribution >= 0.6 is 15.9 Å². The van der Waals surface area contributed by atoms with Gasteiger partial charge in [0, 0.05) is 47.8 Å². The lowest BCUT2D eigenvalue weighted by atomic mass is 10.1. The number of H-pyrrole nitrogens is 1. The smallest absolute Gasteiger partial charge is 0.243 e. The summed E-state index contributed by atoms with van der Waals surface area (Å²) in [6.45, 7) is 1.39. The number of rotatable bonds is 4. The molecule has 0 aliphatic carbocycles. The third-order valence-corrected chi connectivity index (χ3v) is 7.43. The van der Waals surface area contributed by atoms with Gasteiger partial charge in [-0.05, 0) is 29.8 Å². The summed E-state index contributed by atoms with van der Waals surface area (Å²) >= 11 is 3.31. The number of nitrogens with zero attached hydrogens (tertiary/aromatic N) is 2. The minimum absolute atomic E-state index is 0.0178. The summed E-state index contributed by atoms with van der Waals surface area (Å²) in [7, 11) is -3.55. The van der Waals surface area contributed by atoms with Gasteiger partial charge < -0.3 is 9.88 Å². The van der Waals surface area contributed by atoms with Gasteiger partial charge in [0.1, 0.15) is 0 Å². The Balaban J connectivity index is 1.42. The molecule has 3 aromatic rings. The van der Waals surface area contributed by atoms with E-state index in [1.807, 2.05) is 30.5 Å². The molecule has 0 atom stereocenters. The normalized spacial score (nSPS) is 15.8. The molecule has 1 saturated heterocycles. The molecule has 0 spiro atoms. The Morgan fingerprint density at radius 3 is 2.54 bits per heavy atom. The molecule has 1 fully saturated rings. The monoisotopic (exact) mass is 461 g/mol. The number of carbonyl (C=O) groups is 1. The summed E-state index contributed by atoms with van der Waals surface area (Å²) < 4.78 is 27.8. The van der Waals surface area contributed by atoms with Crippen LogP contribution in [0.5, 0.6) is 0 Å². The first kappa shape index (κ1) is 19.2. The minimum atomic E-state index is -3.55. The predicted molar refractivity (Wildman–Crippen MR) is 111 cm³/mol. The fourth-order valence-electron chi connectivity index (χ4n) is 3.51. The van der Waals surface area contributed by atoms with E-state index >= 15 is 0 Å². The maximum absolute atomic E-state index is 12.8. The van der Waals surface area contributed by atoms with Crippen molar-refractivity contribution in [2.45, 2.75) is 11.3 Å². The Hall–Kier alpha value is -2.16. The van der Waals surface area contributed by atoms with Gasteiger partial charge in [0.2, 0.25) is 15.9 Å². The van der Waals surface area contributed by atoms with Crippen molar-refractivity contribution < 1.29 is 13.2 Å². The highest BCUT2D eigenvalue weighted by Gasteiger charge is 2.30. The molecule has 1 aromatic heterocycles. The van der Waals surface area contributed by atoms with Crippen LogP contribution in [-0.4, -0.2) is 54.7 Å². The summed E-state index contributed by atoms with van der Waals surface area (Å²) in [5, 5.41) is 1.05. The number of fused-ring (bicyclic) bond motifs is 1. The van der Waals surface area contributed by atoms with Crippen molar-refractivity contribution in [3.8, 4) is 0 Å². The molecule has 1 amide bonds. The molecular weight excluding hydrogens is 442 g/mol. The number of para-hydroxylation sites is 1. The van der Waals surface area contributed by atoms with Crippen LogP contribution in [0, 0.1) is 0 Å². The maximum atomic E-state index is 12.8. The van der Waals surface area contributed by atoms with Gasteiger partial charge in [0.25, 0.3) is 0 Å². The van der Waals surface area contributed by atoms with Crippen LogP contribution in [-0.2, 0) is 21.2 Å². The molecule has 8 heteroatoms. The van der Waals surface area contributed by atoms with Crippen LogP contribution in [0.25, 0.3) is 10.9 Å². The van der Waals surface area contributed by atoms with Crippen LogP contribution in [0.15, 0.2) is 64.1 Å². The van der Waals surface area contributed by atoms with Gasteiger partial charge in [-0.15, -0.1) is 0 Å². The van der Waals surface area contributed by atoms with E-state index in [1.165, 1.54) is 4.31 Å². The summed E-state index contributed by atoms with van der Waals surface area (Å²) in [4.78, 5) is 17.9. The van der Waals surface area contributed by atoms with Crippen molar-refractivity contribution in [3.63, 3.8) is 0 Å². The summed E-state index contributed by atoms with van der Waals surface area (Å²) in [5.41, 5.74) is 1.97. The van der Waals surface area contributed by atoms with Gasteiger partial charge in [-0.2, -0.15) is 4.31 Å². The molecule has 2 aromatic carbocycles. The Labute approximate surface area is 172 Å². The summed E-state index contributed by atoms with van der Waals surface area (Å²) in [5.74, 6) is 0.0178. The lowest BCUT2D eigenvalue weighted by Gasteiger charge is -2.34. The quantitative estimate of drug-likeness (QED) is 0.648. The molecule has 6 nitrogen and oxygen atoms in total. The number of nitrogens with one attached hydrogen (secondary N) is 1. The molecule has 1 aliphatic rings. The van der Waals surface area contributed by atoms with E-state index in [-0.39, 0.29) is 10.8 Å². The van der Waals surface area contributed by atoms with Crippen LogP contribution in [0.3, 0.4) is 0 Å². The standard InChI is InChI=1S/C20H20BrN3O3S/c21-16-4-3-5-17(13-16)28(26,27)24-10-8-23(9-11-24)20(25)12-15-14-22-19-7-2-1-6-18(15)19/h1-7,13-14,22H,8-12H2. The van der Waals surface area contributed by atoms with Crippen molar-refractivity contribution in [1.29, 1.82) is 0 Å². The highest BCUT2D eigenvalue weighted by molar-refractivity contribution is 9.10. The SMILES string of the molecule is O=C(Cc1c[nH]c2ccccc12)N1CCN(S(=O)(=O)c2cccc(Br)c2)CC1. The number of benzene rings is 2. The molecule has 0 saturated carbocycles. The number of aromatic nitrogens is 1. The number of halogens is 1. The van der Waals surface area contributed by atoms with E-state index in [0.717, 1.165) is 20.9 Å². The highest BCUT2D eigenvalue weighted by atomic mass is 79.9. The Bertz CT molecular complexity index is 1120. The molecule has 146 valence electrons. The molecule has 1 aliphatic heterocycles. The van der Waals surface area contributed by atoms with Crippen LogP contribution in [0.4, 0.5) is 0 Å². The Kier molecular flexibility index (Phi) is 5.27. The van der Waals surface area contributed by atoms with Gasteiger partial charge in [-0.25, -0.2) is 8.42 Å². The maximum Gasteiger partial charge on any atom is 0.243 e. The predicted octanol–water partition coefficient (Wildman–Crippen LogP) is 3.01. The number of hydrogen-bond donors (Lipinski definition) is 1. The van der Waals surface area contributed by atoms with Crippen molar-refractivity contribution in [3.05, 3.63) is 64.8 Å². The second-order valence-electron chi connectivity index (χ2n) is 6.78. The van der Waals surface area contributed by atoms with Crippen molar-refractivity contribution in [1.82, 2.24) is 14.2 Å². The molecule has 1 N–H and O–H groups in total. The number of hydrogen-bond acceptors (Lipinski definition) is 3. The molecular formula is C20H20BrN3O3S. The van der Waals surface area contributed by atoms with Crippen molar-refractivity contribution >= 4 is 42.8 Å². The zero-order chi connectivity index (χ0) is 19.7. The molecule has 0 bridgehead atoms. The molecule has 28 heavy (non-hydrogen) atoms. The molecule has 0 radical (unpaired) electrons. The third kappa shape index (κ3) is 3.72. The van der Waals surface area contributed by atoms with E-state index < -0.39 is 10.0 Å². The zero-order valence-corrected chi connectivity index (χ0v) is 17.5. The van der Waals surface area contributed by atoms with Crippen LogP contribution in [0.2, 0.25) is 0 Å². The average molecular weight is 462 g/mol. The molecule has 2 heterocycles. The minimum Gasteiger partial charge on any atom is -0.361 e. The van der Waals surface area contributed by atoms with Gasteiger partial charge in [-0.1, -0.05) is 40.2 Å². The van der Waals surface area contributed by atoms with Gasteiger partial charge in [0.05, 0.1) is 11.3 Å². The number of amides is 1. The number of carbonyl (C=O) groups excluding carboxylic acids is 1. The highest BCUT2D eigenvalue weighted by Crippen LogP contribution is 2.22. The topological polar surface area (TPSA) is 73.5 Å². The first-order valence-corrected chi connectivity index (χ1v) is 11.3. The summed E-state index contributed by atoms with van der Waals surface area (Å²) in [6, 6.07) is 14.6. The van der Waals surface area contributed by atoms with Crippen LogP contribution < -0.4 is 0 Å². The molecule has 0 unspecified atom stereocenters. The second-order valence-corrected chi connectivity index (χ2v) is 9.63. The van der Waals surface area contributed by atoms with Crippen LogP contribution in [0.1, 0.15) is 5.56 Å². The Morgan fingerprint density at radius 1 is 1.04 bits per heavy atom. The fourth-order valence-corrected chi connectivity index (χ4v) is 5.53. The first-order valence-electron chi connectivity index (χ1n) is 9.03. The molecule has 4 rings (SSSR count). The van der Waals surface area contributed by atoms with Gasteiger partial charge >= 0.3 is 0 Å². The van der Waals surface area contributed by atoms with E-state index in [1.54, 1.807) is 29.2 Å². The lowest BCUT2D eigenvalue weighted by molar-refractivity contribution is -0.131. The number of piperazine rings is 1. The summed E-state index contributed by atoms with van der Waals surface area (Å²) in [6.07, 6.45) is 2.18. The van der Waals surface area contributed by atoms with E-state index in [2.05, 4.69) is 20.9 Å². The second kappa shape index (κ2) is 7.69. The lowest BCUT2D eigenvalue weighted by Crippen LogP contribution is -2.50. The van der Waals surface area contributed by atoms with Crippen molar-refractivity contribution in [2.75, 3.05) is 26.2 Å². The van der Waals surface area contributed by atoms with E-state index in [9.17, 15) is 13.2 Å². The fraction of sp³-hybridized carbons (Fsp3) is 0.250. The number of sulfonamides is 1.